The van der Waals surface area contributed by atoms with Gasteiger partial charge in [0.2, 0.25) is 0 Å². The standard InChI is InChI=1S/C12H17FN2S/c1-4-9(3)14-12(16)15-10-6-5-8(2)11(13)7-10/h5-7,9H,4H2,1-3H3,(H2,14,15,16). The molecule has 0 fully saturated rings. The smallest absolute Gasteiger partial charge is 0.170 e. The van der Waals surface area contributed by atoms with Crippen molar-refractivity contribution in [2.45, 2.75) is 33.2 Å². The Balaban J connectivity index is 2.59. The fourth-order valence-electron chi connectivity index (χ4n) is 1.16. The number of aryl methyl sites for hydroxylation is 1. The molecule has 88 valence electrons. The topological polar surface area (TPSA) is 24.1 Å². The highest BCUT2D eigenvalue weighted by atomic mass is 32.1. The normalized spacial score (nSPS) is 12.0. The van der Waals surface area contributed by atoms with E-state index in [0.717, 1.165) is 6.42 Å². The van der Waals surface area contributed by atoms with E-state index in [1.54, 1.807) is 13.0 Å². The first kappa shape index (κ1) is 12.9. The van der Waals surface area contributed by atoms with Crippen LogP contribution in [0.25, 0.3) is 0 Å². The number of halogens is 1. The van der Waals surface area contributed by atoms with Crippen LogP contribution in [0.1, 0.15) is 25.8 Å². The Kier molecular flexibility index (Phi) is 4.68. The lowest BCUT2D eigenvalue weighted by Gasteiger charge is -2.15. The SMILES string of the molecule is CCC(C)NC(=S)Nc1ccc(C)c(F)c1. The molecule has 0 spiro atoms. The molecule has 1 aromatic rings. The minimum Gasteiger partial charge on any atom is -0.360 e. The van der Waals surface area contributed by atoms with Crippen LogP contribution >= 0.6 is 12.2 Å². The summed E-state index contributed by atoms with van der Waals surface area (Å²) in [6, 6.07) is 5.29. The largest absolute Gasteiger partial charge is 0.360 e. The van der Waals surface area contributed by atoms with E-state index in [0.29, 0.717) is 22.4 Å². The lowest BCUT2D eigenvalue weighted by atomic mass is 10.2. The first-order valence-corrected chi connectivity index (χ1v) is 5.77. The second kappa shape index (κ2) is 5.80. The summed E-state index contributed by atoms with van der Waals surface area (Å²) in [5, 5.41) is 6.59. The Hall–Kier alpha value is -1.16. The molecule has 1 aromatic carbocycles. The van der Waals surface area contributed by atoms with Crippen LogP contribution in [0.15, 0.2) is 18.2 Å². The number of rotatable bonds is 3. The number of nitrogens with one attached hydrogen (secondary N) is 2. The third-order valence-corrected chi connectivity index (χ3v) is 2.64. The first-order valence-electron chi connectivity index (χ1n) is 5.36. The number of hydrogen-bond donors (Lipinski definition) is 2. The highest BCUT2D eigenvalue weighted by molar-refractivity contribution is 7.80. The van der Waals surface area contributed by atoms with Crippen molar-refractivity contribution in [2.24, 2.45) is 0 Å². The maximum atomic E-state index is 13.3. The van der Waals surface area contributed by atoms with Crippen molar-refractivity contribution in [3.8, 4) is 0 Å². The fourth-order valence-corrected chi connectivity index (χ4v) is 1.48. The summed E-state index contributed by atoms with van der Waals surface area (Å²) < 4.78 is 13.3. The van der Waals surface area contributed by atoms with Crippen LogP contribution in [0.5, 0.6) is 0 Å². The van der Waals surface area contributed by atoms with E-state index >= 15 is 0 Å². The maximum Gasteiger partial charge on any atom is 0.170 e. The molecule has 0 saturated carbocycles. The summed E-state index contributed by atoms with van der Waals surface area (Å²) in [7, 11) is 0. The monoisotopic (exact) mass is 240 g/mol. The molecule has 0 bridgehead atoms. The van der Waals surface area contributed by atoms with Gasteiger partial charge in [-0.05, 0) is 50.2 Å². The Labute approximate surface area is 101 Å². The first-order chi connectivity index (χ1) is 7.52. The number of hydrogen-bond acceptors (Lipinski definition) is 1. The van der Waals surface area contributed by atoms with Gasteiger partial charge >= 0.3 is 0 Å². The molecule has 0 amide bonds. The minimum atomic E-state index is -0.226. The lowest BCUT2D eigenvalue weighted by molar-refractivity contribution is 0.619. The van der Waals surface area contributed by atoms with E-state index < -0.39 is 0 Å². The Bertz CT molecular complexity index is 379. The van der Waals surface area contributed by atoms with Crippen molar-refractivity contribution in [3.63, 3.8) is 0 Å². The van der Waals surface area contributed by atoms with Gasteiger partial charge in [0.15, 0.2) is 5.11 Å². The van der Waals surface area contributed by atoms with Crippen molar-refractivity contribution in [1.82, 2.24) is 5.32 Å². The van der Waals surface area contributed by atoms with Crippen LogP contribution in [0.4, 0.5) is 10.1 Å². The van der Waals surface area contributed by atoms with Crippen LogP contribution in [0.3, 0.4) is 0 Å². The van der Waals surface area contributed by atoms with Crippen LogP contribution < -0.4 is 10.6 Å². The van der Waals surface area contributed by atoms with Gasteiger partial charge in [-0.3, -0.25) is 0 Å². The maximum absolute atomic E-state index is 13.3. The summed E-state index contributed by atoms with van der Waals surface area (Å²) in [5.41, 5.74) is 1.30. The van der Waals surface area contributed by atoms with Crippen molar-refractivity contribution in [3.05, 3.63) is 29.6 Å². The molecule has 0 aliphatic rings. The van der Waals surface area contributed by atoms with E-state index in [1.807, 2.05) is 13.0 Å². The molecule has 2 nitrogen and oxygen atoms in total. The van der Waals surface area contributed by atoms with Crippen molar-refractivity contribution in [1.29, 1.82) is 0 Å². The van der Waals surface area contributed by atoms with Crippen molar-refractivity contribution in [2.75, 3.05) is 5.32 Å². The quantitative estimate of drug-likeness (QED) is 0.793. The molecule has 2 N–H and O–H groups in total. The number of benzene rings is 1. The molecule has 1 atom stereocenters. The zero-order valence-electron chi connectivity index (χ0n) is 9.80. The van der Waals surface area contributed by atoms with Crippen LogP contribution in [0.2, 0.25) is 0 Å². The van der Waals surface area contributed by atoms with Crippen molar-refractivity contribution < 1.29 is 4.39 Å². The zero-order valence-corrected chi connectivity index (χ0v) is 10.6. The molecule has 0 aliphatic carbocycles. The summed E-state index contributed by atoms with van der Waals surface area (Å²) in [6.07, 6.45) is 0.990. The van der Waals surface area contributed by atoms with Gasteiger partial charge in [-0.2, -0.15) is 0 Å². The van der Waals surface area contributed by atoms with Gasteiger partial charge in [-0.1, -0.05) is 13.0 Å². The molecule has 0 heterocycles. The molecule has 0 aliphatic heterocycles. The van der Waals surface area contributed by atoms with Gasteiger partial charge < -0.3 is 10.6 Å². The van der Waals surface area contributed by atoms with Gasteiger partial charge in [0.05, 0.1) is 0 Å². The summed E-state index contributed by atoms with van der Waals surface area (Å²) >= 11 is 5.11. The Morgan fingerprint density at radius 1 is 1.50 bits per heavy atom. The average molecular weight is 240 g/mol. The molecule has 1 rings (SSSR count). The predicted molar refractivity (Wildman–Crippen MR) is 70.2 cm³/mol. The molecule has 16 heavy (non-hydrogen) atoms. The van der Waals surface area contributed by atoms with E-state index in [2.05, 4.69) is 17.6 Å². The van der Waals surface area contributed by atoms with E-state index in [1.165, 1.54) is 6.07 Å². The average Bonchev–Trinajstić information content (AvgIpc) is 2.23. The number of thiocarbonyl (C=S) groups is 1. The van der Waals surface area contributed by atoms with E-state index in [9.17, 15) is 4.39 Å². The lowest BCUT2D eigenvalue weighted by Crippen LogP contribution is -2.35. The summed E-state index contributed by atoms with van der Waals surface area (Å²) in [5.74, 6) is -0.226. The molecular weight excluding hydrogens is 223 g/mol. The van der Waals surface area contributed by atoms with Gasteiger partial charge in [0.25, 0.3) is 0 Å². The van der Waals surface area contributed by atoms with Crippen LogP contribution in [0, 0.1) is 12.7 Å². The van der Waals surface area contributed by atoms with Crippen LogP contribution in [-0.2, 0) is 0 Å². The predicted octanol–water partition coefficient (Wildman–Crippen LogP) is 3.22. The minimum absolute atomic E-state index is 0.226. The molecule has 0 saturated heterocycles. The Morgan fingerprint density at radius 3 is 2.75 bits per heavy atom. The zero-order chi connectivity index (χ0) is 12.1. The van der Waals surface area contributed by atoms with Gasteiger partial charge in [-0.25, -0.2) is 4.39 Å². The second-order valence-electron chi connectivity index (χ2n) is 3.87. The molecule has 4 heteroatoms. The van der Waals surface area contributed by atoms with E-state index in [-0.39, 0.29) is 5.82 Å². The highest BCUT2D eigenvalue weighted by Crippen LogP contribution is 2.13. The third-order valence-electron chi connectivity index (χ3n) is 2.42. The van der Waals surface area contributed by atoms with Gasteiger partial charge in [0, 0.05) is 11.7 Å². The fraction of sp³-hybridized carbons (Fsp3) is 0.417. The Morgan fingerprint density at radius 2 is 2.19 bits per heavy atom. The highest BCUT2D eigenvalue weighted by Gasteiger charge is 2.03. The van der Waals surface area contributed by atoms with E-state index in [4.69, 9.17) is 12.2 Å². The molecule has 0 radical (unpaired) electrons. The van der Waals surface area contributed by atoms with Crippen molar-refractivity contribution >= 4 is 23.0 Å². The summed E-state index contributed by atoms with van der Waals surface area (Å²) in [4.78, 5) is 0. The molecule has 0 aromatic heterocycles. The second-order valence-corrected chi connectivity index (χ2v) is 4.28. The third kappa shape index (κ3) is 3.77. The number of anilines is 1. The molecule has 1 unspecified atom stereocenters. The molecular formula is C12H17FN2S. The van der Waals surface area contributed by atoms with Gasteiger partial charge in [-0.15, -0.1) is 0 Å². The van der Waals surface area contributed by atoms with Crippen LogP contribution in [-0.4, -0.2) is 11.2 Å². The summed E-state index contributed by atoms with van der Waals surface area (Å²) in [6.45, 7) is 5.85. The van der Waals surface area contributed by atoms with Gasteiger partial charge in [0.1, 0.15) is 5.82 Å².